The standard InChI is InChI=1S/C12H16O2S/c1-3-9-5-6-10(14-9)11(13)12(2)7-4-8-15-12/h5-6H,3-4,7-8H2,1-2H3. The molecule has 1 aliphatic rings. The predicted octanol–water partition coefficient (Wildman–Crippen LogP) is 3.31. The van der Waals surface area contributed by atoms with Crippen LogP contribution in [0.2, 0.25) is 0 Å². The second kappa shape index (κ2) is 4.05. The van der Waals surface area contributed by atoms with Gasteiger partial charge in [-0.3, -0.25) is 4.79 Å². The van der Waals surface area contributed by atoms with Crippen LogP contribution in [0.1, 0.15) is 43.0 Å². The second-order valence-corrected chi connectivity index (χ2v) is 5.73. The third-order valence-corrected chi connectivity index (χ3v) is 4.45. The molecular weight excluding hydrogens is 208 g/mol. The molecule has 1 atom stereocenters. The molecule has 0 aromatic carbocycles. The number of rotatable bonds is 3. The van der Waals surface area contributed by atoms with Crippen molar-refractivity contribution < 1.29 is 9.21 Å². The number of carbonyl (C=O) groups excluding carboxylic acids is 1. The Labute approximate surface area is 94.4 Å². The van der Waals surface area contributed by atoms with Crippen LogP contribution in [-0.4, -0.2) is 16.3 Å². The first-order valence-corrected chi connectivity index (χ1v) is 6.42. The lowest BCUT2D eigenvalue weighted by atomic mass is 9.99. The van der Waals surface area contributed by atoms with Gasteiger partial charge in [-0.2, -0.15) is 0 Å². The molecule has 0 radical (unpaired) electrons. The van der Waals surface area contributed by atoms with Crippen molar-refractivity contribution in [1.82, 2.24) is 0 Å². The van der Waals surface area contributed by atoms with Crippen LogP contribution >= 0.6 is 11.8 Å². The zero-order valence-corrected chi connectivity index (χ0v) is 10.0. The van der Waals surface area contributed by atoms with Crippen LogP contribution in [0.25, 0.3) is 0 Å². The summed E-state index contributed by atoms with van der Waals surface area (Å²) < 4.78 is 5.26. The molecule has 0 spiro atoms. The van der Waals surface area contributed by atoms with Gasteiger partial charge in [-0.25, -0.2) is 0 Å². The summed E-state index contributed by atoms with van der Waals surface area (Å²) in [5, 5.41) is 0. The van der Waals surface area contributed by atoms with Gasteiger partial charge >= 0.3 is 0 Å². The Balaban J connectivity index is 2.19. The minimum Gasteiger partial charge on any atom is -0.458 e. The number of thioether (sulfide) groups is 1. The van der Waals surface area contributed by atoms with Gasteiger partial charge in [0.25, 0.3) is 0 Å². The maximum Gasteiger partial charge on any atom is 0.213 e. The van der Waals surface area contributed by atoms with Gasteiger partial charge in [-0.15, -0.1) is 11.8 Å². The number of ketones is 1. The lowest BCUT2D eigenvalue weighted by Gasteiger charge is -2.18. The summed E-state index contributed by atoms with van der Waals surface area (Å²) in [6.07, 6.45) is 2.95. The quantitative estimate of drug-likeness (QED) is 0.738. The van der Waals surface area contributed by atoms with E-state index in [2.05, 4.69) is 0 Å². The molecule has 0 saturated carbocycles. The normalized spacial score (nSPS) is 25.7. The fourth-order valence-electron chi connectivity index (χ4n) is 1.91. The van der Waals surface area contributed by atoms with Crippen molar-refractivity contribution in [3.63, 3.8) is 0 Å². The van der Waals surface area contributed by atoms with Gasteiger partial charge in [0.2, 0.25) is 5.78 Å². The Kier molecular flexibility index (Phi) is 2.91. The molecule has 15 heavy (non-hydrogen) atoms. The highest BCUT2D eigenvalue weighted by Crippen LogP contribution is 2.40. The van der Waals surface area contributed by atoms with E-state index in [1.165, 1.54) is 0 Å². The zero-order valence-electron chi connectivity index (χ0n) is 9.21. The molecule has 0 bridgehead atoms. The molecule has 82 valence electrons. The number of hydrogen-bond donors (Lipinski definition) is 0. The average Bonchev–Trinajstić information content (AvgIpc) is 2.85. The first kappa shape index (κ1) is 10.8. The van der Waals surface area contributed by atoms with E-state index in [1.807, 2.05) is 26.0 Å². The van der Waals surface area contributed by atoms with Crippen molar-refractivity contribution in [2.45, 2.75) is 37.9 Å². The van der Waals surface area contributed by atoms with Gasteiger partial charge in [-0.05, 0) is 37.7 Å². The number of hydrogen-bond acceptors (Lipinski definition) is 3. The van der Waals surface area contributed by atoms with Gasteiger partial charge in [0.05, 0.1) is 4.75 Å². The Morgan fingerprint density at radius 1 is 1.60 bits per heavy atom. The summed E-state index contributed by atoms with van der Waals surface area (Å²) in [4.78, 5) is 12.2. The van der Waals surface area contributed by atoms with E-state index < -0.39 is 0 Å². The Bertz CT molecular complexity index is 361. The highest BCUT2D eigenvalue weighted by Gasteiger charge is 2.39. The fourth-order valence-corrected chi connectivity index (χ4v) is 3.17. The topological polar surface area (TPSA) is 30.2 Å². The average molecular weight is 224 g/mol. The summed E-state index contributed by atoms with van der Waals surface area (Å²) in [5.41, 5.74) is 0. The number of aryl methyl sites for hydroxylation is 1. The minimum atomic E-state index is -0.247. The van der Waals surface area contributed by atoms with Crippen molar-refractivity contribution >= 4 is 17.5 Å². The van der Waals surface area contributed by atoms with Crippen LogP contribution in [-0.2, 0) is 6.42 Å². The van der Waals surface area contributed by atoms with Crippen LogP contribution in [0.4, 0.5) is 0 Å². The maximum atomic E-state index is 12.2. The fraction of sp³-hybridized carbons (Fsp3) is 0.583. The molecule has 1 aromatic heterocycles. The van der Waals surface area contributed by atoms with Gasteiger partial charge in [0.1, 0.15) is 5.76 Å². The van der Waals surface area contributed by atoms with Crippen molar-refractivity contribution in [3.8, 4) is 0 Å². The number of Topliss-reactive ketones (excluding diaryl/α,β-unsaturated/α-hetero) is 1. The van der Waals surface area contributed by atoms with Gasteiger partial charge in [-0.1, -0.05) is 6.92 Å². The van der Waals surface area contributed by atoms with Gasteiger partial charge in [0, 0.05) is 6.42 Å². The van der Waals surface area contributed by atoms with Crippen molar-refractivity contribution in [2.24, 2.45) is 0 Å². The second-order valence-electron chi connectivity index (χ2n) is 4.13. The summed E-state index contributed by atoms with van der Waals surface area (Å²) in [6.45, 7) is 4.06. The number of furan rings is 1. The van der Waals surface area contributed by atoms with E-state index in [0.29, 0.717) is 5.76 Å². The van der Waals surface area contributed by atoms with E-state index in [-0.39, 0.29) is 10.5 Å². The van der Waals surface area contributed by atoms with Crippen LogP contribution in [0.5, 0.6) is 0 Å². The molecule has 1 aromatic rings. The summed E-state index contributed by atoms with van der Waals surface area (Å²) >= 11 is 1.75. The summed E-state index contributed by atoms with van der Waals surface area (Å²) in [7, 11) is 0. The Hall–Kier alpha value is -0.700. The monoisotopic (exact) mass is 224 g/mol. The molecule has 2 nitrogen and oxygen atoms in total. The van der Waals surface area contributed by atoms with Crippen LogP contribution < -0.4 is 0 Å². The third kappa shape index (κ3) is 1.98. The molecule has 0 N–H and O–H groups in total. The molecule has 3 heteroatoms. The van der Waals surface area contributed by atoms with Crippen molar-refractivity contribution in [2.75, 3.05) is 5.75 Å². The van der Waals surface area contributed by atoms with E-state index in [4.69, 9.17) is 4.42 Å². The number of carbonyl (C=O) groups is 1. The SMILES string of the molecule is CCc1ccc(C(=O)C2(C)CCCS2)o1. The highest BCUT2D eigenvalue weighted by molar-refractivity contribution is 8.01. The summed E-state index contributed by atoms with van der Waals surface area (Å²) in [5.74, 6) is 2.67. The maximum absolute atomic E-state index is 12.2. The van der Waals surface area contributed by atoms with Crippen molar-refractivity contribution in [3.05, 3.63) is 23.7 Å². The molecule has 1 saturated heterocycles. The predicted molar refractivity (Wildman–Crippen MR) is 62.5 cm³/mol. The first-order valence-electron chi connectivity index (χ1n) is 5.43. The third-order valence-electron chi connectivity index (χ3n) is 2.93. The molecule has 0 amide bonds. The molecule has 2 heterocycles. The van der Waals surface area contributed by atoms with E-state index in [0.717, 1.165) is 30.8 Å². The molecule has 1 fully saturated rings. The molecule has 1 aliphatic heterocycles. The minimum absolute atomic E-state index is 0.157. The Morgan fingerprint density at radius 3 is 2.93 bits per heavy atom. The Morgan fingerprint density at radius 2 is 2.40 bits per heavy atom. The molecule has 0 aliphatic carbocycles. The van der Waals surface area contributed by atoms with Crippen LogP contribution in [0.15, 0.2) is 16.5 Å². The zero-order chi connectivity index (χ0) is 10.9. The smallest absolute Gasteiger partial charge is 0.213 e. The largest absolute Gasteiger partial charge is 0.458 e. The molecule has 2 rings (SSSR count). The van der Waals surface area contributed by atoms with Gasteiger partial charge < -0.3 is 4.42 Å². The first-order chi connectivity index (χ1) is 7.15. The van der Waals surface area contributed by atoms with E-state index in [1.54, 1.807) is 11.8 Å². The molecule has 1 unspecified atom stereocenters. The summed E-state index contributed by atoms with van der Waals surface area (Å²) in [6, 6.07) is 3.71. The van der Waals surface area contributed by atoms with E-state index in [9.17, 15) is 4.79 Å². The van der Waals surface area contributed by atoms with Crippen molar-refractivity contribution in [1.29, 1.82) is 0 Å². The highest BCUT2D eigenvalue weighted by atomic mass is 32.2. The lowest BCUT2D eigenvalue weighted by molar-refractivity contribution is 0.0919. The van der Waals surface area contributed by atoms with Crippen LogP contribution in [0, 0.1) is 0 Å². The lowest BCUT2D eigenvalue weighted by Crippen LogP contribution is -2.28. The molecular formula is C12H16O2S. The van der Waals surface area contributed by atoms with Crippen LogP contribution in [0.3, 0.4) is 0 Å². The van der Waals surface area contributed by atoms with E-state index >= 15 is 0 Å². The van der Waals surface area contributed by atoms with Gasteiger partial charge in [0.15, 0.2) is 5.76 Å².